The Morgan fingerprint density at radius 2 is 2.33 bits per heavy atom. The number of anilines is 1. The molecule has 0 aromatic carbocycles. The molecule has 0 spiro atoms. The van der Waals surface area contributed by atoms with Crippen molar-refractivity contribution >= 4 is 17.6 Å². The second-order valence-electron chi connectivity index (χ2n) is 4.95. The molecule has 1 N–H and O–H groups in total. The molecular formula is C14H15N3O4. The fourth-order valence-electron chi connectivity index (χ4n) is 2.46. The number of aromatic nitrogens is 1. The fourth-order valence-corrected chi connectivity index (χ4v) is 2.46. The predicted octanol–water partition coefficient (Wildman–Crippen LogP) is 1.82. The maximum atomic E-state index is 12.3. The molecule has 7 nitrogen and oxygen atoms in total. The highest BCUT2D eigenvalue weighted by Crippen LogP contribution is 2.22. The Labute approximate surface area is 120 Å². The number of nitrogens with zero attached hydrogens (tertiary/aromatic N) is 2. The standard InChI is InChI=1S/C14H15N3O4/c1-9-8-12(16-21-9)15-13(18)10-4-2-6-17(10)14(19)11-5-3-7-20-11/h3,5,7-8,10H,2,4,6H2,1H3,(H,15,16,18). The molecule has 2 amide bonds. The zero-order valence-corrected chi connectivity index (χ0v) is 11.5. The molecule has 2 aromatic rings. The molecule has 1 fully saturated rings. The Bertz CT molecular complexity index is 647. The van der Waals surface area contributed by atoms with Crippen LogP contribution in [0.1, 0.15) is 29.2 Å². The summed E-state index contributed by atoms with van der Waals surface area (Å²) >= 11 is 0. The van der Waals surface area contributed by atoms with Crippen molar-refractivity contribution in [2.24, 2.45) is 0 Å². The molecule has 0 bridgehead atoms. The maximum absolute atomic E-state index is 12.3. The fraction of sp³-hybridized carbons (Fsp3) is 0.357. The van der Waals surface area contributed by atoms with Gasteiger partial charge in [-0.1, -0.05) is 5.16 Å². The maximum Gasteiger partial charge on any atom is 0.290 e. The first-order chi connectivity index (χ1) is 10.1. The second kappa shape index (κ2) is 5.43. The van der Waals surface area contributed by atoms with Crippen molar-refractivity contribution in [2.45, 2.75) is 25.8 Å². The van der Waals surface area contributed by atoms with E-state index < -0.39 is 6.04 Å². The number of nitrogens with one attached hydrogen (secondary N) is 1. The van der Waals surface area contributed by atoms with Crippen molar-refractivity contribution in [3.05, 3.63) is 36.0 Å². The third kappa shape index (κ3) is 2.67. The first kappa shape index (κ1) is 13.4. The van der Waals surface area contributed by atoms with Crippen LogP contribution in [0.5, 0.6) is 0 Å². The van der Waals surface area contributed by atoms with Crippen LogP contribution in [0.4, 0.5) is 5.82 Å². The van der Waals surface area contributed by atoms with E-state index in [1.165, 1.54) is 11.2 Å². The molecule has 2 aromatic heterocycles. The topological polar surface area (TPSA) is 88.6 Å². The van der Waals surface area contributed by atoms with Gasteiger partial charge in [-0.2, -0.15) is 0 Å². The van der Waals surface area contributed by atoms with Gasteiger partial charge in [0.1, 0.15) is 11.8 Å². The van der Waals surface area contributed by atoms with E-state index in [2.05, 4.69) is 10.5 Å². The molecule has 3 rings (SSSR count). The number of carbonyl (C=O) groups excluding carboxylic acids is 2. The number of hydrogen-bond donors (Lipinski definition) is 1. The Morgan fingerprint density at radius 3 is 3.00 bits per heavy atom. The van der Waals surface area contributed by atoms with E-state index in [0.717, 1.165) is 6.42 Å². The SMILES string of the molecule is Cc1cc(NC(=O)C2CCCN2C(=O)c2ccco2)no1. The zero-order chi connectivity index (χ0) is 14.8. The van der Waals surface area contributed by atoms with Gasteiger partial charge in [0.05, 0.1) is 6.26 Å². The largest absolute Gasteiger partial charge is 0.459 e. The first-order valence-electron chi connectivity index (χ1n) is 6.74. The summed E-state index contributed by atoms with van der Waals surface area (Å²) < 4.78 is 10.0. The molecule has 0 radical (unpaired) electrons. The van der Waals surface area contributed by atoms with Crippen LogP contribution in [-0.4, -0.2) is 34.5 Å². The molecule has 1 aliphatic rings. The minimum atomic E-state index is -0.514. The smallest absolute Gasteiger partial charge is 0.290 e. The van der Waals surface area contributed by atoms with Gasteiger partial charge in [0.2, 0.25) is 5.91 Å². The van der Waals surface area contributed by atoms with Crippen molar-refractivity contribution < 1.29 is 18.5 Å². The van der Waals surface area contributed by atoms with Crippen molar-refractivity contribution in [1.82, 2.24) is 10.1 Å². The average molecular weight is 289 g/mol. The summed E-state index contributed by atoms with van der Waals surface area (Å²) in [6.07, 6.45) is 2.84. The van der Waals surface area contributed by atoms with Crippen LogP contribution >= 0.6 is 0 Å². The number of carbonyl (C=O) groups is 2. The van der Waals surface area contributed by atoms with E-state index in [4.69, 9.17) is 8.94 Å². The molecule has 7 heteroatoms. The van der Waals surface area contributed by atoms with E-state index in [1.54, 1.807) is 25.1 Å². The Hall–Kier alpha value is -2.57. The number of hydrogen-bond acceptors (Lipinski definition) is 5. The molecule has 1 unspecified atom stereocenters. The second-order valence-corrected chi connectivity index (χ2v) is 4.95. The van der Waals surface area contributed by atoms with Crippen LogP contribution in [0.15, 0.2) is 33.4 Å². The van der Waals surface area contributed by atoms with Crippen LogP contribution in [-0.2, 0) is 4.79 Å². The number of likely N-dealkylation sites (tertiary alicyclic amines) is 1. The van der Waals surface area contributed by atoms with Gasteiger partial charge in [0.15, 0.2) is 11.6 Å². The molecule has 0 aliphatic carbocycles. The van der Waals surface area contributed by atoms with Crippen LogP contribution in [0.3, 0.4) is 0 Å². The molecule has 110 valence electrons. The van der Waals surface area contributed by atoms with E-state index in [-0.39, 0.29) is 17.6 Å². The molecule has 3 heterocycles. The normalized spacial score (nSPS) is 18.0. The van der Waals surface area contributed by atoms with Gasteiger partial charge in [0.25, 0.3) is 5.91 Å². The highest BCUT2D eigenvalue weighted by molar-refractivity contribution is 6.00. The van der Waals surface area contributed by atoms with Crippen LogP contribution in [0.2, 0.25) is 0 Å². The Morgan fingerprint density at radius 1 is 1.48 bits per heavy atom. The summed E-state index contributed by atoms with van der Waals surface area (Å²) in [5, 5.41) is 6.38. The molecular weight excluding hydrogens is 274 g/mol. The van der Waals surface area contributed by atoms with Crippen LogP contribution in [0, 0.1) is 6.92 Å². The molecule has 0 saturated carbocycles. The summed E-state index contributed by atoms with van der Waals surface area (Å²) in [7, 11) is 0. The van der Waals surface area contributed by atoms with E-state index in [9.17, 15) is 9.59 Å². The number of aryl methyl sites for hydroxylation is 1. The lowest BCUT2D eigenvalue weighted by Crippen LogP contribution is -2.43. The summed E-state index contributed by atoms with van der Waals surface area (Å²) in [4.78, 5) is 26.1. The van der Waals surface area contributed by atoms with Gasteiger partial charge >= 0.3 is 0 Å². The lowest BCUT2D eigenvalue weighted by Gasteiger charge is -2.22. The van der Waals surface area contributed by atoms with Gasteiger partial charge in [-0.25, -0.2) is 0 Å². The van der Waals surface area contributed by atoms with Gasteiger partial charge in [-0.3, -0.25) is 9.59 Å². The summed E-state index contributed by atoms with van der Waals surface area (Å²) in [5.41, 5.74) is 0. The van der Waals surface area contributed by atoms with Gasteiger partial charge in [-0.05, 0) is 31.9 Å². The quantitative estimate of drug-likeness (QED) is 0.931. The minimum absolute atomic E-state index is 0.243. The summed E-state index contributed by atoms with van der Waals surface area (Å²) in [5.74, 6) is 0.678. The number of amides is 2. The molecule has 1 aliphatic heterocycles. The van der Waals surface area contributed by atoms with Gasteiger partial charge in [0, 0.05) is 12.6 Å². The van der Waals surface area contributed by atoms with Gasteiger partial charge < -0.3 is 19.2 Å². The van der Waals surface area contributed by atoms with E-state index >= 15 is 0 Å². The zero-order valence-electron chi connectivity index (χ0n) is 11.5. The van der Waals surface area contributed by atoms with Crippen LogP contribution < -0.4 is 5.32 Å². The summed E-state index contributed by atoms with van der Waals surface area (Å²) in [6.45, 7) is 2.28. The Kier molecular flexibility index (Phi) is 3.47. The third-order valence-corrected chi connectivity index (χ3v) is 3.43. The highest BCUT2D eigenvalue weighted by atomic mass is 16.5. The minimum Gasteiger partial charge on any atom is -0.459 e. The van der Waals surface area contributed by atoms with Crippen molar-refractivity contribution in [1.29, 1.82) is 0 Å². The predicted molar refractivity (Wildman–Crippen MR) is 72.6 cm³/mol. The van der Waals surface area contributed by atoms with Crippen molar-refractivity contribution in [3.63, 3.8) is 0 Å². The van der Waals surface area contributed by atoms with Crippen molar-refractivity contribution in [2.75, 3.05) is 11.9 Å². The summed E-state index contributed by atoms with van der Waals surface area (Å²) in [6, 6.07) is 4.36. The molecule has 21 heavy (non-hydrogen) atoms. The Balaban J connectivity index is 1.71. The van der Waals surface area contributed by atoms with E-state index in [1.807, 2.05) is 0 Å². The average Bonchev–Trinajstić information content (AvgIpc) is 3.19. The highest BCUT2D eigenvalue weighted by Gasteiger charge is 2.35. The first-order valence-corrected chi connectivity index (χ1v) is 6.74. The molecule has 1 atom stereocenters. The molecule has 1 saturated heterocycles. The third-order valence-electron chi connectivity index (χ3n) is 3.43. The lowest BCUT2D eigenvalue weighted by molar-refractivity contribution is -0.119. The van der Waals surface area contributed by atoms with Gasteiger partial charge in [-0.15, -0.1) is 0 Å². The lowest BCUT2D eigenvalue weighted by atomic mass is 10.2. The van der Waals surface area contributed by atoms with Crippen LogP contribution in [0.25, 0.3) is 0 Å². The monoisotopic (exact) mass is 289 g/mol. The number of rotatable bonds is 3. The number of furan rings is 1. The van der Waals surface area contributed by atoms with Crippen molar-refractivity contribution in [3.8, 4) is 0 Å². The van der Waals surface area contributed by atoms with E-state index in [0.29, 0.717) is 24.5 Å².